The molecule has 0 spiro atoms. The molecule has 2 aliphatic heterocycles. The maximum Gasteiger partial charge on any atom is 0.297 e. The van der Waals surface area contributed by atoms with Gasteiger partial charge in [0, 0.05) is 12.7 Å². The lowest BCUT2D eigenvalue weighted by Gasteiger charge is -2.47. The molecule has 40 heavy (non-hydrogen) atoms. The fraction of sp³-hybridized carbons (Fsp3) is 0.357. The first-order valence-corrected chi connectivity index (χ1v) is 15.4. The van der Waals surface area contributed by atoms with Gasteiger partial charge in [-0.05, 0) is 38.1 Å². The molecular formula is C28H30O10S2. The molecule has 0 N–H and O–H groups in total. The number of benzene rings is 3. The molecule has 2 saturated heterocycles. The fourth-order valence-electron chi connectivity index (χ4n) is 4.54. The van der Waals surface area contributed by atoms with E-state index >= 15 is 0 Å². The summed E-state index contributed by atoms with van der Waals surface area (Å²) in [6, 6.07) is 21.2. The second kappa shape index (κ2) is 11.7. The second-order valence-electron chi connectivity index (χ2n) is 9.61. The van der Waals surface area contributed by atoms with Gasteiger partial charge in [0.05, 0.1) is 16.4 Å². The van der Waals surface area contributed by atoms with Gasteiger partial charge in [0.25, 0.3) is 20.2 Å². The summed E-state index contributed by atoms with van der Waals surface area (Å²) in [6.07, 6.45) is -7.17. The zero-order valence-corrected chi connectivity index (χ0v) is 23.7. The van der Waals surface area contributed by atoms with Crippen LogP contribution in [-0.4, -0.2) is 61.3 Å². The van der Waals surface area contributed by atoms with Crippen molar-refractivity contribution in [3.8, 4) is 0 Å². The Hall–Kier alpha value is -2.68. The van der Waals surface area contributed by atoms with Gasteiger partial charge in [0.15, 0.2) is 18.7 Å². The van der Waals surface area contributed by atoms with E-state index in [4.69, 9.17) is 27.3 Å². The van der Waals surface area contributed by atoms with Gasteiger partial charge >= 0.3 is 0 Å². The van der Waals surface area contributed by atoms with Crippen molar-refractivity contribution in [1.82, 2.24) is 0 Å². The maximum atomic E-state index is 13.5. The van der Waals surface area contributed by atoms with Crippen LogP contribution in [-0.2, 0) is 47.5 Å². The van der Waals surface area contributed by atoms with Crippen molar-refractivity contribution < 1.29 is 44.1 Å². The van der Waals surface area contributed by atoms with E-state index in [1.807, 2.05) is 32.0 Å². The molecule has 5 rings (SSSR count). The number of fused-ring (bicyclic) bond motifs is 1. The molecule has 214 valence electrons. The van der Waals surface area contributed by atoms with Crippen LogP contribution in [0.1, 0.15) is 23.0 Å². The predicted molar refractivity (Wildman–Crippen MR) is 142 cm³/mol. The highest BCUT2D eigenvalue weighted by Crippen LogP contribution is 2.38. The van der Waals surface area contributed by atoms with Crippen molar-refractivity contribution >= 4 is 20.2 Å². The van der Waals surface area contributed by atoms with E-state index in [-0.39, 0.29) is 16.4 Å². The highest BCUT2D eigenvalue weighted by Gasteiger charge is 2.54. The number of methoxy groups -OCH3 is 1. The number of hydrogen-bond donors (Lipinski definition) is 0. The fourth-order valence-corrected chi connectivity index (χ4v) is 6.71. The average molecular weight is 591 g/mol. The third kappa shape index (κ3) is 6.14. The summed E-state index contributed by atoms with van der Waals surface area (Å²) in [6.45, 7) is 3.65. The monoisotopic (exact) mass is 590 g/mol. The van der Waals surface area contributed by atoms with Crippen molar-refractivity contribution in [2.75, 3.05) is 13.7 Å². The van der Waals surface area contributed by atoms with Crippen LogP contribution >= 0.6 is 0 Å². The summed E-state index contributed by atoms with van der Waals surface area (Å²) < 4.78 is 88.4. The van der Waals surface area contributed by atoms with Gasteiger partial charge in [-0.2, -0.15) is 16.8 Å². The van der Waals surface area contributed by atoms with Crippen LogP contribution in [0.25, 0.3) is 0 Å². The van der Waals surface area contributed by atoms with Crippen LogP contribution in [0.2, 0.25) is 0 Å². The van der Waals surface area contributed by atoms with Gasteiger partial charge in [-0.15, -0.1) is 0 Å². The van der Waals surface area contributed by atoms with E-state index in [1.165, 1.54) is 31.4 Å². The Morgan fingerprint density at radius 3 is 1.75 bits per heavy atom. The number of ether oxygens (including phenoxy) is 4. The van der Waals surface area contributed by atoms with Crippen molar-refractivity contribution in [2.45, 2.75) is 60.6 Å². The topological polar surface area (TPSA) is 124 Å². The molecule has 0 radical (unpaired) electrons. The Balaban J connectivity index is 1.53. The van der Waals surface area contributed by atoms with E-state index in [0.717, 1.165) is 11.1 Å². The van der Waals surface area contributed by atoms with E-state index < -0.39 is 57.2 Å². The molecule has 0 aliphatic carbocycles. The molecular weight excluding hydrogens is 560 g/mol. The van der Waals surface area contributed by atoms with Crippen LogP contribution in [0.4, 0.5) is 0 Å². The zero-order valence-electron chi connectivity index (χ0n) is 22.1. The summed E-state index contributed by atoms with van der Waals surface area (Å²) in [5.41, 5.74) is 2.39. The highest BCUT2D eigenvalue weighted by atomic mass is 32.2. The van der Waals surface area contributed by atoms with Gasteiger partial charge in [-0.3, -0.25) is 8.37 Å². The van der Waals surface area contributed by atoms with Crippen LogP contribution in [0.3, 0.4) is 0 Å². The van der Waals surface area contributed by atoms with E-state index in [0.29, 0.717) is 5.56 Å². The van der Waals surface area contributed by atoms with Gasteiger partial charge in [-0.25, -0.2) is 0 Å². The quantitative estimate of drug-likeness (QED) is 0.359. The summed E-state index contributed by atoms with van der Waals surface area (Å²) >= 11 is 0. The minimum Gasteiger partial charge on any atom is -0.353 e. The standard InChI is InChI=1S/C28H30O10S2/c1-18-9-13-21(14-10-18)39(29,30)37-25-24-23(17-34-27(36-24)20-7-5-4-6-8-20)35-28(33-3)26(25)38-40(31,32)22-15-11-19(2)12-16-22/h4-16,23-28H,17H2,1-3H3/t23-,24+,25+,26-,27+,28+/m1/s1. The minimum absolute atomic E-state index is 0.00591. The molecule has 6 atom stereocenters. The van der Waals surface area contributed by atoms with Gasteiger partial charge in [0.2, 0.25) is 0 Å². The Labute approximate surface area is 234 Å². The molecule has 0 amide bonds. The van der Waals surface area contributed by atoms with E-state index in [1.54, 1.807) is 36.4 Å². The normalized spacial score (nSPS) is 27.2. The lowest BCUT2D eigenvalue weighted by Crippen LogP contribution is -2.64. The summed E-state index contributed by atoms with van der Waals surface area (Å²) in [7, 11) is -7.52. The van der Waals surface area contributed by atoms with Crippen LogP contribution in [0.15, 0.2) is 88.7 Å². The molecule has 3 aromatic rings. The zero-order chi connectivity index (χ0) is 28.5. The summed E-state index contributed by atoms with van der Waals surface area (Å²) in [5.74, 6) is 0. The third-order valence-electron chi connectivity index (χ3n) is 6.68. The first-order chi connectivity index (χ1) is 19.1. The first kappa shape index (κ1) is 28.8. The Kier molecular flexibility index (Phi) is 8.41. The summed E-state index contributed by atoms with van der Waals surface area (Å²) in [5, 5.41) is 0. The molecule has 2 heterocycles. The van der Waals surface area contributed by atoms with Gasteiger partial charge < -0.3 is 18.9 Å². The van der Waals surface area contributed by atoms with Crippen molar-refractivity contribution in [1.29, 1.82) is 0 Å². The molecule has 12 heteroatoms. The molecule has 0 unspecified atom stereocenters. The first-order valence-electron chi connectivity index (χ1n) is 12.6. The van der Waals surface area contributed by atoms with Crippen LogP contribution in [0, 0.1) is 13.8 Å². The SMILES string of the molecule is CO[C@H]1O[C@@H]2CO[C@H](c3ccccc3)O[C@@H]2[C@H](OS(=O)(=O)c2ccc(C)cc2)[C@H]1OS(=O)(=O)c1ccc(C)cc1. The largest absolute Gasteiger partial charge is 0.353 e. The van der Waals surface area contributed by atoms with Crippen molar-refractivity contribution in [3.05, 3.63) is 95.6 Å². The maximum absolute atomic E-state index is 13.5. The smallest absolute Gasteiger partial charge is 0.297 e. The summed E-state index contributed by atoms with van der Waals surface area (Å²) in [4.78, 5) is -0.229. The molecule has 0 aromatic heterocycles. The second-order valence-corrected chi connectivity index (χ2v) is 12.8. The van der Waals surface area contributed by atoms with Crippen LogP contribution in [0.5, 0.6) is 0 Å². The van der Waals surface area contributed by atoms with Gasteiger partial charge in [0.1, 0.15) is 18.3 Å². The molecule has 10 nitrogen and oxygen atoms in total. The molecule has 2 fully saturated rings. The Morgan fingerprint density at radius 1 is 0.700 bits per heavy atom. The van der Waals surface area contributed by atoms with E-state index in [2.05, 4.69) is 0 Å². The third-order valence-corrected chi connectivity index (χ3v) is 9.33. The molecule has 0 saturated carbocycles. The molecule has 3 aromatic carbocycles. The van der Waals surface area contributed by atoms with Crippen molar-refractivity contribution in [2.24, 2.45) is 0 Å². The number of aryl methyl sites for hydroxylation is 2. The van der Waals surface area contributed by atoms with E-state index in [9.17, 15) is 16.8 Å². The lowest BCUT2D eigenvalue weighted by molar-refractivity contribution is -0.351. The Bertz CT molecular complexity index is 1510. The predicted octanol–water partition coefficient (Wildman–Crippen LogP) is 3.64. The average Bonchev–Trinajstić information content (AvgIpc) is 2.94. The van der Waals surface area contributed by atoms with Gasteiger partial charge in [-0.1, -0.05) is 65.7 Å². The van der Waals surface area contributed by atoms with Crippen LogP contribution < -0.4 is 0 Å². The lowest BCUT2D eigenvalue weighted by atomic mass is 9.98. The Morgan fingerprint density at radius 2 is 1.23 bits per heavy atom. The number of rotatable bonds is 8. The minimum atomic E-state index is -4.41. The highest BCUT2D eigenvalue weighted by molar-refractivity contribution is 7.87. The number of hydrogen-bond acceptors (Lipinski definition) is 10. The molecule has 0 bridgehead atoms. The van der Waals surface area contributed by atoms with Crippen molar-refractivity contribution in [3.63, 3.8) is 0 Å². The molecule has 2 aliphatic rings.